The van der Waals surface area contributed by atoms with Gasteiger partial charge in [0.15, 0.2) is 0 Å². The highest BCUT2D eigenvalue weighted by Crippen LogP contribution is 2.22. The molecule has 2 N–H and O–H groups in total. The van der Waals surface area contributed by atoms with Crippen molar-refractivity contribution in [3.63, 3.8) is 0 Å². The molecule has 6 heteroatoms. The van der Waals surface area contributed by atoms with Crippen LogP contribution in [-0.2, 0) is 11.2 Å². The van der Waals surface area contributed by atoms with E-state index < -0.39 is 0 Å². The molecule has 1 aliphatic rings. The number of benzene rings is 1. The van der Waals surface area contributed by atoms with Crippen LogP contribution in [-0.4, -0.2) is 59.4 Å². The molecule has 6 nitrogen and oxygen atoms in total. The third kappa shape index (κ3) is 3.95. The zero-order valence-corrected chi connectivity index (χ0v) is 15.0. The summed E-state index contributed by atoms with van der Waals surface area (Å²) in [6.07, 6.45) is 3.65. The number of nitrogens with one attached hydrogen (secondary N) is 2. The lowest BCUT2D eigenvalue weighted by Gasteiger charge is -2.21. The number of H-pyrrole nitrogens is 1. The zero-order chi connectivity index (χ0) is 17.8. The van der Waals surface area contributed by atoms with E-state index in [0.717, 1.165) is 24.9 Å². The van der Waals surface area contributed by atoms with E-state index in [1.54, 1.807) is 6.92 Å². The van der Waals surface area contributed by atoms with Crippen LogP contribution in [0.5, 0.6) is 0 Å². The van der Waals surface area contributed by atoms with E-state index in [2.05, 4.69) is 29.4 Å². The molecule has 3 amide bonds. The van der Waals surface area contributed by atoms with E-state index in [9.17, 15) is 9.59 Å². The minimum atomic E-state index is -0.0398. The van der Waals surface area contributed by atoms with Crippen LogP contribution in [0.3, 0.4) is 0 Å². The average molecular weight is 342 g/mol. The quantitative estimate of drug-likeness (QED) is 0.898. The predicted molar refractivity (Wildman–Crippen MR) is 98.6 cm³/mol. The summed E-state index contributed by atoms with van der Waals surface area (Å²) in [5, 5.41) is 4.27. The van der Waals surface area contributed by atoms with E-state index in [1.165, 1.54) is 16.5 Å². The maximum Gasteiger partial charge on any atom is 0.317 e. The summed E-state index contributed by atoms with van der Waals surface area (Å²) in [7, 11) is 0. The molecule has 0 atom stereocenters. The van der Waals surface area contributed by atoms with Crippen molar-refractivity contribution in [3.05, 3.63) is 35.5 Å². The Bertz CT molecular complexity index is 768. The standard InChI is InChI=1S/C19H26N4O2/c1-14-5-3-6-17-18(14)16(13-21-17)7-8-20-19(25)23-10-4-9-22(11-12-23)15(2)24/h3,5-6,13,21H,4,7-12H2,1-2H3,(H,20,25). The fraction of sp³-hybridized carbons (Fsp3) is 0.474. The normalized spacial score (nSPS) is 15.3. The monoisotopic (exact) mass is 342 g/mol. The minimum Gasteiger partial charge on any atom is -0.361 e. The fourth-order valence-electron chi connectivity index (χ4n) is 3.50. The maximum absolute atomic E-state index is 12.4. The van der Waals surface area contributed by atoms with Crippen LogP contribution in [0, 0.1) is 6.92 Å². The molecule has 1 aromatic heterocycles. The molecule has 1 aromatic carbocycles. The van der Waals surface area contributed by atoms with Gasteiger partial charge in [-0.3, -0.25) is 4.79 Å². The van der Waals surface area contributed by atoms with Gasteiger partial charge in [0.2, 0.25) is 5.91 Å². The number of carbonyl (C=O) groups excluding carboxylic acids is 2. The first-order valence-electron chi connectivity index (χ1n) is 8.90. The number of aromatic amines is 1. The summed E-state index contributed by atoms with van der Waals surface area (Å²) in [5.74, 6) is 0.0805. The van der Waals surface area contributed by atoms with Gasteiger partial charge in [-0.25, -0.2) is 4.79 Å². The molecule has 0 aliphatic carbocycles. The first-order valence-corrected chi connectivity index (χ1v) is 8.90. The number of rotatable bonds is 3. The first-order chi connectivity index (χ1) is 12.1. The molecule has 0 unspecified atom stereocenters. The molecule has 2 heterocycles. The number of hydrogen-bond donors (Lipinski definition) is 2. The van der Waals surface area contributed by atoms with Crippen molar-refractivity contribution in [3.8, 4) is 0 Å². The molecule has 1 aliphatic heterocycles. The summed E-state index contributed by atoms with van der Waals surface area (Å²) in [6.45, 7) is 6.93. The number of fused-ring (bicyclic) bond motifs is 1. The van der Waals surface area contributed by atoms with Gasteiger partial charge in [0, 0.05) is 56.7 Å². The van der Waals surface area contributed by atoms with Crippen LogP contribution >= 0.6 is 0 Å². The highest BCUT2D eigenvalue weighted by Gasteiger charge is 2.20. The van der Waals surface area contributed by atoms with Crippen molar-refractivity contribution >= 4 is 22.8 Å². The number of aryl methyl sites for hydroxylation is 1. The van der Waals surface area contributed by atoms with Crippen LogP contribution in [0.4, 0.5) is 4.79 Å². The van der Waals surface area contributed by atoms with Gasteiger partial charge in [0.25, 0.3) is 0 Å². The number of aromatic nitrogens is 1. The Labute approximate surface area is 148 Å². The number of amides is 3. The summed E-state index contributed by atoms with van der Waals surface area (Å²) in [4.78, 5) is 30.8. The molecule has 0 saturated carbocycles. The Morgan fingerprint density at radius 1 is 1.16 bits per heavy atom. The number of urea groups is 1. The largest absolute Gasteiger partial charge is 0.361 e. The Kier molecular flexibility index (Phi) is 5.26. The van der Waals surface area contributed by atoms with Gasteiger partial charge >= 0.3 is 6.03 Å². The van der Waals surface area contributed by atoms with Crippen LogP contribution < -0.4 is 5.32 Å². The van der Waals surface area contributed by atoms with Crippen molar-refractivity contribution in [2.45, 2.75) is 26.7 Å². The molecular formula is C19H26N4O2. The summed E-state index contributed by atoms with van der Waals surface area (Å²) in [6, 6.07) is 6.18. The van der Waals surface area contributed by atoms with Crippen molar-refractivity contribution in [2.75, 3.05) is 32.7 Å². The Balaban J connectivity index is 1.53. The lowest BCUT2D eigenvalue weighted by atomic mass is 10.1. The second kappa shape index (κ2) is 7.59. The molecule has 0 spiro atoms. The van der Waals surface area contributed by atoms with Crippen molar-refractivity contribution in [1.82, 2.24) is 20.1 Å². The average Bonchev–Trinajstić information content (AvgIpc) is 2.84. The van der Waals surface area contributed by atoms with E-state index in [4.69, 9.17) is 0 Å². The highest BCUT2D eigenvalue weighted by molar-refractivity contribution is 5.86. The third-order valence-corrected chi connectivity index (χ3v) is 4.89. The third-order valence-electron chi connectivity index (χ3n) is 4.89. The summed E-state index contributed by atoms with van der Waals surface area (Å²) >= 11 is 0. The molecule has 3 rings (SSSR count). The van der Waals surface area contributed by atoms with Gasteiger partial charge in [-0.15, -0.1) is 0 Å². The van der Waals surface area contributed by atoms with Crippen molar-refractivity contribution in [2.24, 2.45) is 0 Å². The van der Waals surface area contributed by atoms with Gasteiger partial charge < -0.3 is 20.1 Å². The van der Waals surface area contributed by atoms with Crippen LogP contribution in [0.2, 0.25) is 0 Å². The minimum absolute atomic E-state index is 0.0398. The van der Waals surface area contributed by atoms with Gasteiger partial charge in [0.05, 0.1) is 0 Å². The van der Waals surface area contributed by atoms with E-state index in [0.29, 0.717) is 26.2 Å². The van der Waals surface area contributed by atoms with Gasteiger partial charge in [-0.1, -0.05) is 12.1 Å². The number of nitrogens with zero attached hydrogens (tertiary/aromatic N) is 2. The second-order valence-corrected chi connectivity index (χ2v) is 6.64. The lowest BCUT2D eigenvalue weighted by Crippen LogP contribution is -2.43. The molecule has 134 valence electrons. The van der Waals surface area contributed by atoms with Crippen LogP contribution in [0.15, 0.2) is 24.4 Å². The fourth-order valence-corrected chi connectivity index (χ4v) is 3.50. The van der Waals surface area contributed by atoms with Crippen LogP contribution in [0.25, 0.3) is 10.9 Å². The Morgan fingerprint density at radius 3 is 2.72 bits per heavy atom. The molecule has 1 saturated heterocycles. The van der Waals surface area contributed by atoms with Crippen molar-refractivity contribution < 1.29 is 9.59 Å². The molecule has 1 fully saturated rings. The number of carbonyl (C=O) groups is 2. The Hall–Kier alpha value is -2.50. The molecule has 25 heavy (non-hydrogen) atoms. The van der Waals surface area contributed by atoms with E-state index in [-0.39, 0.29) is 11.9 Å². The maximum atomic E-state index is 12.4. The molecule has 0 radical (unpaired) electrons. The van der Waals surface area contributed by atoms with Crippen molar-refractivity contribution in [1.29, 1.82) is 0 Å². The number of hydrogen-bond acceptors (Lipinski definition) is 2. The summed E-state index contributed by atoms with van der Waals surface area (Å²) in [5.41, 5.74) is 3.61. The lowest BCUT2D eigenvalue weighted by molar-refractivity contribution is -0.128. The van der Waals surface area contributed by atoms with Gasteiger partial charge in [0.1, 0.15) is 0 Å². The van der Waals surface area contributed by atoms with Crippen LogP contribution in [0.1, 0.15) is 24.5 Å². The first kappa shape index (κ1) is 17.3. The smallest absolute Gasteiger partial charge is 0.317 e. The topological polar surface area (TPSA) is 68.4 Å². The summed E-state index contributed by atoms with van der Waals surface area (Å²) < 4.78 is 0. The molecule has 0 bridgehead atoms. The van der Waals surface area contributed by atoms with E-state index in [1.807, 2.05) is 22.1 Å². The zero-order valence-electron chi connectivity index (χ0n) is 15.0. The SMILES string of the molecule is CC(=O)N1CCCN(C(=O)NCCc2c[nH]c3cccc(C)c23)CC1. The van der Waals surface area contributed by atoms with Gasteiger partial charge in [-0.05, 0) is 37.0 Å². The van der Waals surface area contributed by atoms with E-state index >= 15 is 0 Å². The molecule has 2 aromatic rings. The molecular weight excluding hydrogens is 316 g/mol. The predicted octanol–water partition coefficient (Wildman–Crippen LogP) is 2.28. The second-order valence-electron chi connectivity index (χ2n) is 6.64. The van der Waals surface area contributed by atoms with Gasteiger partial charge in [-0.2, -0.15) is 0 Å². The highest BCUT2D eigenvalue weighted by atomic mass is 16.2. The Morgan fingerprint density at radius 2 is 1.92 bits per heavy atom.